The number of aliphatic hydroxyl groups excluding tert-OH is 1. The van der Waals surface area contributed by atoms with E-state index in [0.29, 0.717) is 12.5 Å². The van der Waals surface area contributed by atoms with E-state index in [2.05, 4.69) is 13.5 Å². The fourth-order valence-corrected chi connectivity index (χ4v) is 1.71. The van der Waals surface area contributed by atoms with Gasteiger partial charge in [0.05, 0.1) is 0 Å². The standard InChI is InChI=1S/C9H18OS/c1-3-4-5-6-11-8-9(2)7-10/h3,9-10H,1,4-8H2,2H3. The van der Waals surface area contributed by atoms with E-state index in [4.69, 9.17) is 5.11 Å². The van der Waals surface area contributed by atoms with Crippen LogP contribution in [0.5, 0.6) is 0 Å². The van der Waals surface area contributed by atoms with Crippen molar-refractivity contribution in [3.05, 3.63) is 12.7 Å². The Morgan fingerprint density at radius 2 is 2.36 bits per heavy atom. The van der Waals surface area contributed by atoms with Crippen LogP contribution in [0.2, 0.25) is 0 Å². The minimum Gasteiger partial charge on any atom is -0.396 e. The molecular weight excluding hydrogens is 156 g/mol. The van der Waals surface area contributed by atoms with Gasteiger partial charge in [0.1, 0.15) is 0 Å². The lowest BCUT2D eigenvalue weighted by Crippen LogP contribution is -2.03. The van der Waals surface area contributed by atoms with E-state index in [9.17, 15) is 0 Å². The highest BCUT2D eigenvalue weighted by molar-refractivity contribution is 7.99. The molecule has 0 fully saturated rings. The number of hydrogen-bond acceptors (Lipinski definition) is 2. The lowest BCUT2D eigenvalue weighted by Gasteiger charge is -2.05. The summed E-state index contributed by atoms with van der Waals surface area (Å²) in [5.41, 5.74) is 0. The Labute approximate surface area is 73.9 Å². The zero-order valence-corrected chi connectivity index (χ0v) is 8.07. The van der Waals surface area contributed by atoms with Gasteiger partial charge in [0.25, 0.3) is 0 Å². The van der Waals surface area contributed by atoms with Crippen molar-refractivity contribution in [1.82, 2.24) is 0 Å². The highest BCUT2D eigenvalue weighted by atomic mass is 32.2. The minimum absolute atomic E-state index is 0.314. The van der Waals surface area contributed by atoms with Crippen LogP contribution in [0.1, 0.15) is 19.8 Å². The molecule has 0 aromatic rings. The van der Waals surface area contributed by atoms with Crippen LogP contribution < -0.4 is 0 Å². The number of unbranched alkanes of at least 4 members (excludes halogenated alkanes) is 1. The molecule has 0 radical (unpaired) electrons. The molecule has 0 amide bonds. The highest BCUT2D eigenvalue weighted by Crippen LogP contribution is 2.09. The number of thioether (sulfide) groups is 1. The Kier molecular flexibility index (Phi) is 8.19. The molecule has 0 aliphatic carbocycles. The zero-order chi connectivity index (χ0) is 8.53. The van der Waals surface area contributed by atoms with Gasteiger partial charge in [-0.05, 0) is 30.3 Å². The maximum atomic E-state index is 8.71. The van der Waals surface area contributed by atoms with Crippen molar-refractivity contribution < 1.29 is 5.11 Å². The van der Waals surface area contributed by atoms with Crippen LogP contribution in [0.3, 0.4) is 0 Å². The Morgan fingerprint density at radius 1 is 1.64 bits per heavy atom. The van der Waals surface area contributed by atoms with E-state index in [1.54, 1.807) is 0 Å². The maximum Gasteiger partial charge on any atom is 0.0464 e. The Balaban J connectivity index is 2.95. The van der Waals surface area contributed by atoms with E-state index in [1.807, 2.05) is 17.8 Å². The van der Waals surface area contributed by atoms with Crippen LogP contribution >= 0.6 is 11.8 Å². The van der Waals surface area contributed by atoms with Gasteiger partial charge in [0, 0.05) is 6.61 Å². The molecule has 0 saturated carbocycles. The van der Waals surface area contributed by atoms with Gasteiger partial charge < -0.3 is 5.11 Å². The van der Waals surface area contributed by atoms with Crippen LogP contribution in [-0.4, -0.2) is 23.2 Å². The molecule has 0 heterocycles. The first-order chi connectivity index (χ1) is 5.31. The molecule has 11 heavy (non-hydrogen) atoms. The van der Waals surface area contributed by atoms with Crippen LogP contribution in [0.4, 0.5) is 0 Å². The largest absolute Gasteiger partial charge is 0.396 e. The van der Waals surface area contributed by atoms with Crippen molar-refractivity contribution in [3.8, 4) is 0 Å². The lowest BCUT2D eigenvalue weighted by atomic mass is 10.2. The molecule has 66 valence electrons. The molecule has 0 aromatic carbocycles. The summed E-state index contributed by atoms with van der Waals surface area (Å²) in [7, 11) is 0. The van der Waals surface area contributed by atoms with Crippen LogP contribution in [0, 0.1) is 5.92 Å². The van der Waals surface area contributed by atoms with Crippen LogP contribution in [0.15, 0.2) is 12.7 Å². The fraction of sp³-hybridized carbons (Fsp3) is 0.778. The molecule has 0 rings (SSSR count). The summed E-state index contributed by atoms with van der Waals surface area (Å²) < 4.78 is 0. The molecule has 0 aliphatic heterocycles. The summed E-state index contributed by atoms with van der Waals surface area (Å²) >= 11 is 1.92. The normalized spacial score (nSPS) is 12.9. The summed E-state index contributed by atoms with van der Waals surface area (Å²) in [5.74, 6) is 2.72. The monoisotopic (exact) mass is 174 g/mol. The molecule has 1 N–H and O–H groups in total. The summed E-state index contributed by atoms with van der Waals surface area (Å²) in [5, 5.41) is 8.71. The summed E-state index contributed by atoms with van der Waals surface area (Å²) in [6, 6.07) is 0. The summed E-state index contributed by atoms with van der Waals surface area (Å²) in [4.78, 5) is 0. The summed E-state index contributed by atoms with van der Waals surface area (Å²) in [6.07, 6.45) is 4.28. The first-order valence-corrected chi connectivity index (χ1v) is 5.26. The van der Waals surface area contributed by atoms with Crippen molar-refractivity contribution in [1.29, 1.82) is 0 Å². The smallest absolute Gasteiger partial charge is 0.0464 e. The van der Waals surface area contributed by atoms with Gasteiger partial charge in [0.2, 0.25) is 0 Å². The Morgan fingerprint density at radius 3 is 2.91 bits per heavy atom. The van der Waals surface area contributed by atoms with E-state index in [1.165, 1.54) is 12.2 Å². The Hall–Kier alpha value is 0.0500. The van der Waals surface area contributed by atoms with Crippen molar-refractivity contribution >= 4 is 11.8 Å². The van der Waals surface area contributed by atoms with Gasteiger partial charge >= 0.3 is 0 Å². The zero-order valence-electron chi connectivity index (χ0n) is 7.25. The van der Waals surface area contributed by atoms with Crippen molar-refractivity contribution in [2.75, 3.05) is 18.1 Å². The predicted octanol–water partition coefficient (Wildman–Crippen LogP) is 2.31. The third-order valence-corrected chi connectivity index (χ3v) is 2.79. The summed E-state index contributed by atoms with van der Waals surface area (Å²) in [6.45, 7) is 6.04. The fourth-order valence-electron chi connectivity index (χ4n) is 0.667. The second-order valence-electron chi connectivity index (χ2n) is 2.79. The van der Waals surface area contributed by atoms with Crippen molar-refractivity contribution in [2.45, 2.75) is 19.8 Å². The maximum absolute atomic E-state index is 8.71. The van der Waals surface area contributed by atoms with Crippen molar-refractivity contribution in [3.63, 3.8) is 0 Å². The number of rotatable bonds is 7. The SMILES string of the molecule is C=CCCCSCC(C)CO. The molecule has 0 spiro atoms. The molecular formula is C9H18OS. The van der Waals surface area contributed by atoms with Gasteiger partial charge in [-0.3, -0.25) is 0 Å². The van der Waals surface area contributed by atoms with Gasteiger partial charge in [-0.15, -0.1) is 6.58 Å². The molecule has 1 nitrogen and oxygen atoms in total. The second-order valence-corrected chi connectivity index (χ2v) is 3.94. The average Bonchev–Trinajstić information content (AvgIpc) is 2.04. The number of allylic oxidation sites excluding steroid dienone is 1. The molecule has 0 aliphatic rings. The van der Waals surface area contributed by atoms with E-state index < -0.39 is 0 Å². The third kappa shape index (κ3) is 7.95. The minimum atomic E-state index is 0.314. The highest BCUT2D eigenvalue weighted by Gasteiger charge is 1.98. The Bertz CT molecular complexity index is 93.6. The second kappa shape index (κ2) is 8.15. The van der Waals surface area contributed by atoms with Crippen LogP contribution in [0.25, 0.3) is 0 Å². The molecule has 1 unspecified atom stereocenters. The van der Waals surface area contributed by atoms with Gasteiger partial charge in [-0.2, -0.15) is 11.8 Å². The van der Waals surface area contributed by atoms with Gasteiger partial charge in [-0.1, -0.05) is 13.0 Å². The quantitative estimate of drug-likeness (QED) is 0.472. The van der Waals surface area contributed by atoms with E-state index >= 15 is 0 Å². The molecule has 1 atom stereocenters. The van der Waals surface area contributed by atoms with E-state index in [-0.39, 0.29) is 0 Å². The van der Waals surface area contributed by atoms with Gasteiger partial charge in [-0.25, -0.2) is 0 Å². The lowest BCUT2D eigenvalue weighted by molar-refractivity contribution is 0.250. The first-order valence-electron chi connectivity index (χ1n) is 4.10. The molecule has 0 saturated heterocycles. The van der Waals surface area contributed by atoms with Crippen molar-refractivity contribution in [2.24, 2.45) is 5.92 Å². The molecule has 0 aromatic heterocycles. The van der Waals surface area contributed by atoms with Crippen LogP contribution in [-0.2, 0) is 0 Å². The van der Waals surface area contributed by atoms with E-state index in [0.717, 1.165) is 12.2 Å². The average molecular weight is 174 g/mol. The van der Waals surface area contributed by atoms with Gasteiger partial charge in [0.15, 0.2) is 0 Å². The topological polar surface area (TPSA) is 20.2 Å². The third-order valence-electron chi connectivity index (χ3n) is 1.41. The number of hydrogen-bond donors (Lipinski definition) is 1. The molecule has 0 bridgehead atoms. The first kappa shape index (κ1) is 11.1. The molecule has 2 heteroatoms. The number of aliphatic hydroxyl groups is 1. The predicted molar refractivity (Wildman–Crippen MR) is 53.0 cm³/mol.